The molecule has 0 aliphatic heterocycles. The van der Waals surface area contributed by atoms with Crippen LogP contribution in [0, 0.1) is 11.6 Å². The van der Waals surface area contributed by atoms with E-state index in [0.29, 0.717) is 22.6 Å². The highest BCUT2D eigenvalue weighted by Crippen LogP contribution is 2.28. The summed E-state index contributed by atoms with van der Waals surface area (Å²) in [6, 6.07) is 8.36. The summed E-state index contributed by atoms with van der Waals surface area (Å²) in [5, 5.41) is 0. The third-order valence-corrected chi connectivity index (χ3v) is 4.90. The molecule has 28 heavy (non-hydrogen) atoms. The van der Waals surface area contributed by atoms with Gasteiger partial charge in [0, 0.05) is 0 Å². The molecule has 9 heteroatoms. The van der Waals surface area contributed by atoms with Crippen LogP contribution in [-0.2, 0) is 16.1 Å². The van der Waals surface area contributed by atoms with Crippen LogP contribution in [0.1, 0.15) is 17.3 Å². The Hall–Kier alpha value is -3.07. The summed E-state index contributed by atoms with van der Waals surface area (Å²) in [4.78, 5) is 28.3. The smallest absolute Gasteiger partial charge is 0.325 e. The number of carbonyl (C=O) groups is 2. The van der Waals surface area contributed by atoms with Gasteiger partial charge >= 0.3 is 5.97 Å². The second kappa shape index (κ2) is 8.30. The van der Waals surface area contributed by atoms with Crippen molar-refractivity contribution in [1.82, 2.24) is 4.57 Å². The standard InChI is InChI=1S/C19H16F2N2O4S/c1-3-27-13-8-5-9-14-17(13)23(10-15(24)26-2)19(28-14)22-18(25)16-11(20)6-4-7-12(16)21/h4-9H,3,10H2,1-2H3. The Balaban J connectivity index is 2.23. The fraction of sp³-hybridized carbons (Fsp3) is 0.211. The van der Waals surface area contributed by atoms with Crippen molar-refractivity contribution in [2.75, 3.05) is 13.7 Å². The number of hydrogen-bond donors (Lipinski definition) is 0. The van der Waals surface area contributed by atoms with E-state index in [2.05, 4.69) is 4.99 Å². The molecule has 0 radical (unpaired) electrons. The zero-order valence-corrected chi connectivity index (χ0v) is 15.9. The Morgan fingerprint density at radius 3 is 2.46 bits per heavy atom. The lowest BCUT2D eigenvalue weighted by Crippen LogP contribution is -2.23. The predicted molar refractivity (Wildman–Crippen MR) is 99.3 cm³/mol. The monoisotopic (exact) mass is 406 g/mol. The van der Waals surface area contributed by atoms with Crippen molar-refractivity contribution in [3.8, 4) is 5.75 Å². The normalized spacial score (nSPS) is 11.6. The first-order chi connectivity index (χ1) is 13.5. The van der Waals surface area contributed by atoms with Gasteiger partial charge in [0.1, 0.15) is 35.0 Å². The predicted octanol–water partition coefficient (Wildman–Crippen LogP) is 3.29. The Kier molecular flexibility index (Phi) is 5.84. The van der Waals surface area contributed by atoms with Crippen molar-refractivity contribution in [3.05, 3.63) is 58.4 Å². The number of para-hydroxylation sites is 1. The molecule has 0 spiro atoms. The van der Waals surface area contributed by atoms with E-state index < -0.39 is 29.1 Å². The van der Waals surface area contributed by atoms with E-state index >= 15 is 0 Å². The minimum Gasteiger partial charge on any atom is -0.492 e. The van der Waals surface area contributed by atoms with Gasteiger partial charge in [-0.25, -0.2) is 8.78 Å². The van der Waals surface area contributed by atoms with Crippen molar-refractivity contribution in [2.24, 2.45) is 4.99 Å². The fourth-order valence-electron chi connectivity index (χ4n) is 2.64. The van der Waals surface area contributed by atoms with Gasteiger partial charge in [-0.05, 0) is 31.2 Å². The zero-order chi connectivity index (χ0) is 20.3. The van der Waals surface area contributed by atoms with Gasteiger partial charge in [-0.3, -0.25) is 9.59 Å². The van der Waals surface area contributed by atoms with Gasteiger partial charge in [0.25, 0.3) is 5.91 Å². The van der Waals surface area contributed by atoms with E-state index in [4.69, 9.17) is 9.47 Å². The number of esters is 1. The maximum atomic E-state index is 13.9. The van der Waals surface area contributed by atoms with Crippen LogP contribution in [0.2, 0.25) is 0 Å². The number of ether oxygens (including phenoxy) is 2. The van der Waals surface area contributed by atoms with Gasteiger partial charge in [0.15, 0.2) is 4.80 Å². The first-order valence-corrected chi connectivity index (χ1v) is 9.13. The summed E-state index contributed by atoms with van der Waals surface area (Å²) < 4.78 is 40.3. The summed E-state index contributed by atoms with van der Waals surface area (Å²) in [5.41, 5.74) is -0.213. The van der Waals surface area contributed by atoms with Crippen LogP contribution in [0.3, 0.4) is 0 Å². The number of methoxy groups -OCH3 is 1. The Morgan fingerprint density at radius 2 is 1.82 bits per heavy atom. The lowest BCUT2D eigenvalue weighted by Gasteiger charge is -2.08. The average molecular weight is 406 g/mol. The molecule has 0 aliphatic rings. The van der Waals surface area contributed by atoms with Gasteiger partial charge in [0.2, 0.25) is 0 Å². The number of aromatic nitrogens is 1. The Labute approximate surface area is 162 Å². The summed E-state index contributed by atoms with van der Waals surface area (Å²) in [7, 11) is 1.23. The van der Waals surface area contributed by atoms with Gasteiger partial charge in [0.05, 0.1) is 18.4 Å². The van der Waals surface area contributed by atoms with Crippen molar-refractivity contribution in [1.29, 1.82) is 0 Å². The van der Waals surface area contributed by atoms with Gasteiger partial charge in [-0.1, -0.05) is 23.5 Å². The van der Waals surface area contributed by atoms with E-state index in [-0.39, 0.29) is 11.3 Å². The number of nitrogens with zero attached hydrogens (tertiary/aromatic N) is 2. The molecule has 0 unspecified atom stereocenters. The lowest BCUT2D eigenvalue weighted by atomic mass is 10.2. The van der Waals surface area contributed by atoms with E-state index in [1.54, 1.807) is 18.2 Å². The first kappa shape index (κ1) is 19.7. The number of benzene rings is 2. The van der Waals surface area contributed by atoms with E-state index in [0.717, 1.165) is 29.5 Å². The second-order valence-electron chi connectivity index (χ2n) is 5.60. The van der Waals surface area contributed by atoms with Crippen LogP contribution in [0.25, 0.3) is 10.2 Å². The molecule has 3 aromatic rings. The molecule has 3 rings (SSSR count). The SMILES string of the molecule is CCOc1cccc2sc(=NC(=O)c3c(F)cccc3F)n(CC(=O)OC)c12. The minimum absolute atomic E-state index is 0.0974. The Bertz CT molecular complexity index is 1100. The molecule has 0 saturated carbocycles. The molecule has 0 aliphatic carbocycles. The first-order valence-electron chi connectivity index (χ1n) is 8.31. The largest absolute Gasteiger partial charge is 0.492 e. The molecule has 1 heterocycles. The molecule has 1 aromatic heterocycles. The quantitative estimate of drug-likeness (QED) is 0.610. The maximum absolute atomic E-state index is 13.9. The molecule has 0 N–H and O–H groups in total. The summed E-state index contributed by atoms with van der Waals surface area (Å²) in [5.74, 6) is -3.18. The number of hydrogen-bond acceptors (Lipinski definition) is 5. The molecule has 1 amide bonds. The van der Waals surface area contributed by atoms with Gasteiger partial charge in [-0.2, -0.15) is 4.99 Å². The average Bonchev–Trinajstić information content (AvgIpc) is 2.99. The van der Waals surface area contributed by atoms with Gasteiger partial charge < -0.3 is 14.0 Å². The summed E-state index contributed by atoms with van der Waals surface area (Å²) in [6.45, 7) is 1.96. The maximum Gasteiger partial charge on any atom is 0.325 e. The Morgan fingerprint density at radius 1 is 1.14 bits per heavy atom. The number of carbonyl (C=O) groups excluding carboxylic acids is 2. The molecule has 0 atom stereocenters. The van der Waals surface area contributed by atoms with Gasteiger partial charge in [-0.15, -0.1) is 0 Å². The second-order valence-corrected chi connectivity index (χ2v) is 6.61. The number of rotatable bonds is 5. The van der Waals surface area contributed by atoms with Crippen molar-refractivity contribution in [2.45, 2.75) is 13.5 Å². The zero-order valence-electron chi connectivity index (χ0n) is 15.1. The molecular formula is C19H16F2N2O4S. The van der Waals surface area contributed by atoms with Crippen LogP contribution in [0.4, 0.5) is 8.78 Å². The molecule has 2 aromatic carbocycles. The van der Waals surface area contributed by atoms with Crippen LogP contribution >= 0.6 is 11.3 Å². The van der Waals surface area contributed by atoms with Crippen LogP contribution in [0.5, 0.6) is 5.75 Å². The lowest BCUT2D eigenvalue weighted by molar-refractivity contribution is -0.141. The third-order valence-electron chi connectivity index (χ3n) is 3.85. The van der Waals surface area contributed by atoms with Crippen LogP contribution in [-0.4, -0.2) is 30.2 Å². The highest BCUT2D eigenvalue weighted by Gasteiger charge is 2.19. The number of fused-ring (bicyclic) bond motifs is 1. The molecular weight excluding hydrogens is 390 g/mol. The van der Waals surface area contributed by atoms with Crippen molar-refractivity contribution >= 4 is 33.4 Å². The molecule has 6 nitrogen and oxygen atoms in total. The molecule has 0 fully saturated rings. The van der Waals surface area contributed by atoms with Crippen molar-refractivity contribution < 1.29 is 27.8 Å². The molecule has 0 bridgehead atoms. The van der Waals surface area contributed by atoms with Crippen LogP contribution in [0.15, 0.2) is 41.4 Å². The number of thiazole rings is 1. The van der Waals surface area contributed by atoms with E-state index in [1.807, 2.05) is 6.92 Å². The molecule has 146 valence electrons. The highest BCUT2D eigenvalue weighted by atomic mass is 32.1. The number of amides is 1. The molecule has 0 saturated heterocycles. The topological polar surface area (TPSA) is 69.9 Å². The third kappa shape index (κ3) is 3.79. The van der Waals surface area contributed by atoms with E-state index in [1.165, 1.54) is 11.7 Å². The van der Waals surface area contributed by atoms with Crippen molar-refractivity contribution in [3.63, 3.8) is 0 Å². The minimum atomic E-state index is -1.08. The van der Waals surface area contributed by atoms with Crippen LogP contribution < -0.4 is 9.54 Å². The summed E-state index contributed by atoms with van der Waals surface area (Å²) in [6.07, 6.45) is 0. The number of halogens is 2. The summed E-state index contributed by atoms with van der Waals surface area (Å²) >= 11 is 1.09. The van der Waals surface area contributed by atoms with E-state index in [9.17, 15) is 18.4 Å². The fourth-order valence-corrected chi connectivity index (χ4v) is 3.69. The highest BCUT2D eigenvalue weighted by molar-refractivity contribution is 7.16.